The Kier molecular flexibility index (Phi) is 5.45. The number of anilines is 1. The number of aliphatic hydroxyl groups excluding tert-OH is 1. The van der Waals surface area contributed by atoms with E-state index < -0.39 is 0 Å². The van der Waals surface area contributed by atoms with Crippen LogP contribution in [0.3, 0.4) is 0 Å². The van der Waals surface area contributed by atoms with Gasteiger partial charge < -0.3 is 10.4 Å². The highest BCUT2D eigenvalue weighted by Gasteiger charge is 2.44. The van der Waals surface area contributed by atoms with Gasteiger partial charge in [0.15, 0.2) is 0 Å². The molecule has 4 rings (SSSR count). The smallest absolute Gasteiger partial charge is 0.0879 e. The van der Waals surface area contributed by atoms with Gasteiger partial charge >= 0.3 is 0 Å². The molecule has 2 aromatic carbocycles. The molecule has 0 spiro atoms. The van der Waals surface area contributed by atoms with Crippen LogP contribution in [0.1, 0.15) is 30.9 Å². The first kappa shape index (κ1) is 18.4. The molecule has 0 saturated carbocycles. The van der Waals surface area contributed by atoms with Gasteiger partial charge in [0.05, 0.1) is 25.1 Å². The molecule has 0 bridgehead atoms. The zero-order chi connectivity index (χ0) is 18.8. The number of aliphatic hydroxyl groups is 1. The molecule has 5 nitrogen and oxygen atoms in total. The molecule has 1 fully saturated rings. The van der Waals surface area contributed by atoms with Crippen molar-refractivity contribution < 1.29 is 5.11 Å². The average molecular weight is 367 g/mol. The molecule has 2 aliphatic rings. The number of hydrogen-bond donors (Lipinski definition) is 5. The van der Waals surface area contributed by atoms with Crippen molar-refractivity contribution >= 4 is 5.69 Å². The summed E-state index contributed by atoms with van der Waals surface area (Å²) in [5, 5.41) is 24.8. The molecule has 1 saturated heterocycles. The van der Waals surface area contributed by atoms with Crippen LogP contribution in [0.15, 0.2) is 54.6 Å². The van der Waals surface area contributed by atoms with Gasteiger partial charge in [0.2, 0.25) is 0 Å². The largest absolute Gasteiger partial charge is 0.395 e. The third-order valence-corrected chi connectivity index (χ3v) is 5.69. The monoisotopic (exact) mass is 366 g/mol. The molecule has 27 heavy (non-hydrogen) atoms. The van der Waals surface area contributed by atoms with E-state index in [4.69, 9.17) is 0 Å². The molecule has 5 atom stereocenters. The van der Waals surface area contributed by atoms with Crippen molar-refractivity contribution in [2.45, 2.75) is 50.7 Å². The first-order valence-electron chi connectivity index (χ1n) is 9.94. The zero-order valence-corrected chi connectivity index (χ0v) is 16.0. The second-order valence-corrected chi connectivity index (χ2v) is 8.00. The number of benzene rings is 2. The highest BCUT2D eigenvalue weighted by molar-refractivity contribution is 5.60. The van der Waals surface area contributed by atoms with Crippen molar-refractivity contribution in [1.29, 1.82) is 0 Å². The Labute approximate surface area is 161 Å². The van der Waals surface area contributed by atoms with Gasteiger partial charge in [0.1, 0.15) is 0 Å². The maximum Gasteiger partial charge on any atom is 0.0879 e. The lowest BCUT2D eigenvalue weighted by Crippen LogP contribution is -2.69. The second kappa shape index (κ2) is 7.98. The Morgan fingerprint density at radius 3 is 2.48 bits per heavy atom. The SMILES string of the molecule is CC(C)C1NC2Nc3ccccc3C2C(NC(CO)Cc2ccccc2)N1. The lowest BCUT2D eigenvalue weighted by molar-refractivity contribution is 0.142. The van der Waals surface area contributed by atoms with Crippen LogP contribution in [0.5, 0.6) is 0 Å². The van der Waals surface area contributed by atoms with Crippen molar-refractivity contribution in [3.8, 4) is 0 Å². The predicted molar refractivity (Wildman–Crippen MR) is 109 cm³/mol. The molecule has 2 aromatic rings. The predicted octanol–water partition coefficient (Wildman–Crippen LogP) is 2.22. The van der Waals surface area contributed by atoms with E-state index in [-0.39, 0.29) is 37.1 Å². The van der Waals surface area contributed by atoms with E-state index in [1.807, 2.05) is 6.07 Å². The van der Waals surface area contributed by atoms with Crippen LogP contribution in [-0.4, -0.2) is 36.3 Å². The maximum atomic E-state index is 10.0. The van der Waals surface area contributed by atoms with Crippen LogP contribution >= 0.6 is 0 Å². The van der Waals surface area contributed by atoms with Gasteiger partial charge in [-0.2, -0.15) is 0 Å². The van der Waals surface area contributed by atoms with E-state index in [0.29, 0.717) is 5.92 Å². The van der Waals surface area contributed by atoms with Crippen molar-refractivity contribution in [1.82, 2.24) is 16.0 Å². The highest BCUT2D eigenvalue weighted by Crippen LogP contribution is 2.38. The van der Waals surface area contributed by atoms with Crippen LogP contribution in [-0.2, 0) is 6.42 Å². The number of hydrogen-bond acceptors (Lipinski definition) is 5. The lowest BCUT2D eigenvalue weighted by Gasteiger charge is -2.44. The minimum atomic E-state index is 0.00391. The van der Waals surface area contributed by atoms with Gasteiger partial charge in [-0.25, -0.2) is 0 Å². The van der Waals surface area contributed by atoms with Gasteiger partial charge in [-0.3, -0.25) is 16.0 Å². The minimum Gasteiger partial charge on any atom is -0.395 e. The van der Waals surface area contributed by atoms with E-state index in [2.05, 4.69) is 83.6 Å². The van der Waals surface area contributed by atoms with Crippen molar-refractivity contribution in [3.63, 3.8) is 0 Å². The summed E-state index contributed by atoms with van der Waals surface area (Å²) in [4.78, 5) is 0. The fourth-order valence-electron chi connectivity index (χ4n) is 4.28. The average Bonchev–Trinajstić information content (AvgIpc) is 3.06. The third kappa shape index (κ3) is 3.87. The fraction of sp³-hybridized carbons (Fsp3) is 0.455. The first-order chi connectivity index (χ1) is 13.2. The quantitative estimate of drug-likeness (QED) is 0.542. The molecule has 2 aliphatic heterocycles. The Hall–Kier alpha value is -1.92. The highest BCUT2D eigenvalue weighted by atomic mass is 16.3. The zero-order valence-electron chi connectivity index (χ0n) is 16.0. The number of para-hydroxylation sites is 1. The van der Waals surface area contributed by atoms with Gasteiger partial charge in [0, 0.05) is 17.6 Å². The van der Waals surface area contributed by atoms with E-state index in [9.17, 15) is 5.11 Å². The normalized spacial score (nSPS) is 27.7. The summed E-state index contributed by atoms with van der Waals surface area (Å²) in [6, 6.07) is 18.9. The van der Waals surface area contributed by atoms with Crippen LogP contribution in [0.25, 0.3) is 0 Å². The van der Waals surface area contributed by atoms with Crippen molar-refractivity contribution in [2.24, 2.45) is 5.92 Å². The Bertz CT molecular complexity index is 751. The standard InChI is InChI=1S/C22H30N4O/c1-14(2)20-25-21(23-16(13-27)12-15-8-4-3-5-9-15)19-17-10-6-7-11-18(17)24-22(19)26-20/h3-11,14,16,19-27H,12-13H2,1-2H3. The molecular formula is C22H30N4O. The topological polar surface area (TPSA) is 68.3 Å². The fourth-order valence-corrected chi connectivity index (χ4v) is 4.28. The van der Waals surface area contributed by atoms with Gasteiger partial charge in [0.25, 0.3) is 0 Å². The third-order valence-electron chi connectivity index (χ3n) is 5.69. The molecule has 0 amide bonds. The van der Waals surface area contributed by atoms with Gasteiger partial charge in [-0.05, 0) is 29.5 Å². The molecular weight excluding hydrogens is 336 g/mol. The maximum absolute atomic E-state index is 10.0. The second-order valence-electron chi connectivity index (χ2n) is 8.00. The van der Waals surface area contributed by atoms with Crippen LogP contribution < -0.4 is 21.3 Å². The summed E-state index contributed by atoms with van der Waals surface area (Å²) < 4.78 is 0. The summed E-state index contributed by atoms with van der Waals surface area (Å²) >= 11 is 0. The van der Waals surface area contributed by atoms with E-state index >= 15 is 0 Å². The van der Waals surface area contributed by atoms with E-state index in [1.165, 1.54) is 16.8 Å². The summed E-state index contributed by atoms with van der Waals surface area (Å²) in [6.07, 6.45) is 1.29. The van der Waals surface area contributed by atoms with Crippen molar-refractivity contribution in [3.05, 3.63) is 65.7 Å². The van der Waals surface area contributed by atoms with Crippen molar-refractivity contribution in [2.75, 3.05) is 11.9 Å². The Balaban J connectivity index is 1.56. The minimum absolute atomic E-state index is 0.00391. The lowest BCUT2D eigenvalue weighted by atomic mass is 9.91. The summed E-state index contributed by atoms with van der Waals surface area (Å²) in [7, 11) is 0. The number of rotatable bonds is 6. The molecule has 0 aromatic heterocycles. The molecule has 5 heteroatoms. The van der Waals surface area contributed by atoms with Crippen LogP contribution in [0.4, 0.5) is 5.69 Å². The number of nitrogens with one attached hydrogen (secondary N) is 4. The van der Waals surface area contributed by atoms with Crippen LogP contribution in [0, 0.1) is 5.92 Å². The van der Waals surface area contributed by atoms with Crippen LogP contribution in [0.2, 0.25) is 0 Å². The van der Waals surface area contributed by atoms with E-state index in [1.54, 1.807) is 0 Å². The molecule has 0 radical (unpaired) electrons. The molecule has 0 aliphatic carbocycles. The summed E-state index contributed by atoms with van der Waals surface area (Å²) in [5.74, 6) is 0.725. The summed E-state index contributed by atoms with van der Waals surface area (Å²) in [5.41, 5.74) is 3.75. The van der Waals surface area contributed by atoms with Gasteiger partial charge in [-0.1, -0.05) is 62.4 Å². The Morgan fingerprint density at radius 2 is 1.74 bits per heavy atom. The van der Waals surface area contributed by atoms with E-state index in [0.717, 1.165) is 6.42 Å². The summed E-state index contributed by atoms with van der Waals surface area (Å²) in [6.45, 7) is 4.55. The molecule has 2 heterocycles. The molecule has 5 unspecified atom stereocenters. The Morgan fingerprint density at radius 1 is 1.00 bits per heavy atom. The van der Waals surface area contributed by atoms with Gasteiger partial charge in [-0.15, -0.1) is 0 Å². The molecule has 5 N–H and O–H groups in total. The first-order valence-corrected chi connectivity index (χ1v) is 9.94. The number of fused-ring (bicyclic) bond motifs is 3. The molecule has 144 valence electrons.